The minimum Gasteiger partial charge on any atom is -0.469 e. The number of nitrogens with one attached hydrogen (secondary N) is 2. The molecule has 0 fully saturated rings. The quantitative estimate of drug-likeness (QED) is 0.456. The second kappa shape index (κ2) is 12.8. The number of urea groups is 1. The monoisotopic (exact) mass is 510 g/mol. The van der Waals surface area contributed by atoms with Crippen LogP contribution in [-0.4, -0.2) is 55.0 Å². The molecule has 12 heteroatoms. The first-order valence-electron chi connectivity index (χ1n) is 11.3. The molecule has 2 N–H and O–H groups in total. The highest BCUT2D eigenvalue weighted by molar-refractivity contribution is 5.83. The lowest BCUT2D eigenvalue weighted by Crippen LogP contribution is -2.46. The van der Waals surface area contributed by atoms with Gasteiger partial charge in [0.1, 0.15) is 12.4 Å². The highest BCUT2D eigenvalue weighted by Crippen LogP contribution is 2.24. The van der Waals surface area contributed by atoms with Crippen molar-refractivity contribution in [2.45, 2.75) is 58.0 Å². The van der Waals surface area contributed by atoms with Gasteiger partial charge in [-0.2, -0.15) is 0 Å². The lowest BCUT2D eigenvalue weighted by atomic mass is 9.93. The highest BCUT2D eigenvalue weighted by atomic mass is 19.2. The number of carbonyl (C=O) groups excluding carboxylic acids is 3. The van der Waals surface area contributed by atoms with E-state index in [1.807, 2.05) is 20.8 Å². The van der Waals surface area contributed by atoms with Gasteiger partial charge in [0.25, 0.3) is 0 Å². The Morgan fingerprint density at radius 2 is 1.94 bits per heavy atom. The van der Waals surface area contributed by atoms with Crippen molar-refractivity contribution in [3.63, 3.8) is 0 Å². The van der Waals surface area contributed by atoms with Crippen molar-refractivity contribution in [3.05, 3.63) is 47.2 Å². The van der Waals surface area contributed by atoms with Crippen LogP contribution in [0.25, 0.3) is 0 Å². The molecule has 198 valence electrons. The number of likely N-dealkylation sites (N-methyl/N-ethyl adjacent to an activating group) is 1. The molecular weight excluding hydrogens is 478 g/mol. The van der Waals surface area contributed by atoms with Crippen molar-refractivity contribution in [2.75, 3.05) is 26.1 Å². The molecule has 36 heavy (non-hydrogen) atoms. The second-order valence-electron chi connectivity index (χ2n) is 9.15. The first-order valence-corrected chi connectivity index (χ1v) is 11.3. The molecule has 1 aromatic heterocycles. The van der Waals surface area contributed by atoms with Gasteiger partial charge in [0, 0.05) is 37.1 Å². The van der Waals surface area contributed by atoms with Crippen LogP contribution in [0.4, 0.5) is 24.2 Å². The number of ether oxygens (including phenoxy) is 2. The molecule has 1 heterocycles. The van der Waals surface area contributed by atoms with E-state index in [4.69, 9.17) is 9.26 Å². The summed E-state index contributed by atoms with van der Waals surface area (Å²) in [5.41, 5.74) is -0.316. The molecule has 1 aromatic carbocycles. The number of halogens is 2. The average Bonchev–Trinajstić information content (AvgIpc) is 3.30. The van der Waals surface area contributed by atoms with Gasteiger partial charge in [-0.1, -0.05) is 38.1 Å². The predicted molar refractivity (Wildman–Crippen MR) is 126 cm³/mol. The second-order valence-corrected chi connectivity index (χ2v) is 9.15. The fraction of sp³-hybridized carbons (Fsp3) is 0.500. The first kappa shape index (κ1) is 28.5. The minimum absolute atomic E-state index is 0.0168. The Labute approximate surface area is 208 Å². The van der Waals surface area contributed by atoms with E-state index in [9.17, 15) is 23.2 Å². The summed E-state index contributed by atoms with van der Waals surface area (Å²) >= 11 is 0. The van der Waals surface area contributed by atoms with Gasteiger partial charge in [-0.3, -0.25) is 10.1 Å². The summed E-state index contributed by atoms with van der Waals surface area (Å²) in [4.78, 5) is 37.7. The maximum absolute atomic E-state index is 13.9. The molecule has 0 saturated carbocycles. The van der Waals surface area contributed by atoms with Crippen LogP contribution in [-0.2, 0) is 26.2 Å². The summed E-state index contributed by atoms with van der Waals surface area (Å²) in [5.74, 6) is -1.73. The van der Waals surface area contributed by atoms with Crippen molar-refractivity contribution in [3.8, 4) is 0 Å². The third-order valence-corrected chi connectivity index (χ3v) is 5.36. The molecule has 0 spiro atoms. The van der Waals surface area contributed by atoms with E-state index in [2.05, 4.69) is 20.5 Å². The van der Waals surface area contributed by atoms with Crippen LogP contribution < -0.4 is 10.6 Å². The number of benzene rings is 1. The van der Waals surface area contributed by atoms with Gasteiger partial charge in [0.2, 0.25) is 0 Å². The van der Waals surface area contributed by atoms with Gasteiger partial charge < -0.3 is 24.2 Å². The predicted octanol–water partition coefficient (Wildman–Crippen LogP) is 4.35. The Morgan fingerprint density at radius 3 is 2.58 bits per heavy atom. The Balaban J connectivity index is 1.98. The molecule has 2 rings (SSSR count). The fourth-order valence-corrected chi connectivity index (χ4v) is 3.12. The van der Waals surface area contributed by atoms with Crippen LogP contribution in [0.2, 0.25) is 0 Å². The molecule has 0 aliphatic carbocycles. The maximum Gasteiger partial charge on any atom is 0.412 e. The molecule has 0 aliphatic rings. The molecule has 1 atom stereocenters. The van der Waals surface area contributed by atoms with Crippen LogP contribution in [0, 0.1) is 11.6 Å². The van der Waals surface area contributed by atoms with Crippen molar-refractivity contribution in [2.24, 2.45) is 0 Å². The fourth-order valence-electron chi connectivity index (χ4n) is 3.12. The summed E-state index contributed by atoms with van der Waals surface area (Å²) in [7, 11) is 2.74. The summed E-state index contributed by atoms with van der Waals surface area (Å²) in [6.07, 6.45) is -0.0370. The Kier molecular flexibility index (Phi) is 10.2. The van der Waals surface area contributed by atoms with Gasteiger partial charge in [-0.05, 0) is 18.9 Å². The van der Waals surface area contributed by atoms with Crippen LogP contribution >= 0.6 is 0 Å². The maximum atomic E-state index is 13.9. The number of anilines is 1. The van der Waals surface area contributed by atoms with Crippen LogP contribution in [0.3, 0.4) is 0 Å². The number of carbonyl (C=O) groups is 3. The van der Waals surface area contributed by atoms with Crippen molar-refractivity contribution in [1.29, 1.82) is 0 Å². The van der Waals surface area contributed by atoms with E-state index in [0.29, 0.717) is 18.6 Å². The van der Waals surface area contributed by atoms with E-state index < -0.39 is 35.8 Å². The number of hydrogen-bond donors (Lipinski definition) is 2. The zero-order chi connectivity index (χ0) is 26.9. The lowest BCUT2D eigenvalue weighted by molar-refractivity contribution is -0.140. The van der Waals surface area contributed by atoms with Gasteiger partial charge in [0.15, 0.2) is 17.5 Å². The summed E-state index contributed by atoms with van der Waals surface area (Å²) in [5, 5.41) is 8.76. The topological polar surface area (TPSA) is 123 Å². The van der Waals surface area contributed by atoms with E-state index in [1.54, 1.807) is 6.07 Å². The largest absolute Gasteiger partial charge is 0.469 e. The molecule has 0 aliphatic heterocycles. The third-order valence-electron chi connectivity index (χ3n) is 5.36. The van der Waals surface area contributed by atoms with Crippen molar-refractivity contribution >= 4 is 23.9 Å². The molecule has 2 aromatic rings. The molecule has 0 unspecified atom stereocenters. The van der Waals surface area contributed by atoms with Gasteiger partial charge in [-0.25, -0.2) is 18.4 Å². The molecule has 0 radical (unpaired) electrons. The third kappa shape index (κ3) is 8.51. The summed E-state index contributed by atoms with van der Waals surface area (Å²) in [6.45, 7) is 5.34. The van der Waals surface area contributed by atoms with E-state index in [1.165, 1.54) is 31.2 Å². The zero-order valence-corrected chi connectivity index (χ0v) is 21.0. The first-order chi connectivity index (χ1) is 16.9. The SMILES string of the molecule is COC(=O)CCC[C@@H](COC(=O)Nc1cc(C(C)(C)C)on1)N(C)C(=O)NCc1cccc(F)c1F. The van der Waals surface area contributed by atoms with Gasteiger partial charge in [0.05, 0.1) is 13.2 Å². The smallest absolute Gasteiger partial charge is 0.412 e. The molecule has 0 saturated heterocycles. The molecule has 0 bridgehead atoms. The minimum atomic E-state index is -1.04. The number of methoxy groups -OCH3 is 1. The van der Waals surface area contributed by atoms with Crippen LogP contribution in [0.15, 0.2) is 28.8 Å². The van der Waals surface area contributed by atoms with Gasteiger partial charge in [-0.15, -0.1) is 0 Å². The summed E-state index contributed by atoms with van der Waals surface area (Å²) in [6, 6.07) is 4.03. The normalized spacial score (nSPS) is 12.0. The van der Waals surface area contributed by atoms with Crippen LogP contribution in [0.5, 0.6) is 0 Å². The van der Waals surface area contributed by atoms with E-state index in [-0.39, 0.29) is 36.4 Å². The van der Waals surface area contributed by atoms with E-state index >= 15 is 0 Å². The molecule has 10 nitrogen and oxygen atoms in total. The zero-order valence-electron chi connectivity index (χ0n) is 21.0. The molecular formula is C24H32F2N4O6. The number of hydrogen-bond acceptors (Lipinski definition) is 7. The number of aromatic nitrogens is 1. The van der Waals surface area contributed by atoms with Crippen LogP contribution in [0.1, 0.15) is 51.4 Å². The van der Waals surface area contributed by atoms with E-state index in [0.717, 1.165) is 6.07 Å². The number of esters is 1. The van der Waals surface area contributed by atoms with Gasteiger partial charge >= 0.3 is 18.1 Å². The highest BCUT2D eigenvalue weighted by Gasteiger charge is 2.24. The summed E-state index contributed by atoms with van der Waals surface area (Å²) < 4.78 is 42.4. The van der Waals surface area contributed by atoms with Crippen molar-refractivity contribution in [1.82, 2.24) is 15.4 Å². The Hall–Kier alpha value is -3.70. The Bertz CT molecular complexity index is 1050. The number of nitrogens with zero attached hydrogens (tertiary/aromatic N) is 2. The lowest BCUT2D eigenvalue weighted by Gasteiger charge is -2.28. The van der Waals surface area contributed by atoms with Crippen molar-refractivity contribution < 1.29 is 37.2 Å². The number of amides is 3. The Morgan fingerprint density at radius 1 is 1.22 bits per heavy atom. The standard InChI is InChI=1S/C24H32F2N4O6/c1-24(2,3)18-12-19(29-36-18)28-23(33)35-14-16(9-7-11-20(31)34-5)30(4)22(32)27-13-15-8-6-10-17(25)21(15)26/h6,8,10,12,16H,7,9,11,13-14H2,1-5H3,(H,27,32)(H,28,29,33)/t16-/m0/s1. The number of rotatable bonds is 10. The average molecular weight is 511 g/mol. The molecule has 3 amide bonds.